The van der Waals surface area contributed by atoms with Crippen molar-refractivity contribution in [1.29, 1.82) is 0 Å². The Hall–Kier alpha value is -1.76. The van der Waals surface area contributed by atoms with Crippen molar-refractivity contribution in [3.8, 4) is 5.82 Å². The van der Waals surface area contributed by atoms with E-state index >= 15 is 0 Å². The van der Waals surface area contributed by atoms with Gasteiger partial charge < -0.3 is 0 Å². The van der Waals surface area contributed by atoms with E-state index < -0.39 is 4.92 Å². The van der Waals surface area contributed by atoms with E-state index in [1.165, 1.54) is 12.3 Å². The molecule has 2 aromatic heterocycles. The van der Waals surface area contributed by atoms with Gasteiger partial charge in [0.2, 0.25) is 5.82 Å². The maximum Gasteiger partial charge on any atom is 0.314 e. The number of nitro groups is 1. The first-order chi connectivity index (χ1) is 9.06. The van der Waals surface area contributed by atoms with Crippen molar-refractivity contribution in [3.63, 3.8) is 0 Å². The second-order valence-electron chi connectivity index (χ2n) is 4.00. The smallest absolute Gasteiger partial charge is 0.258 e. The summed E-state index contributed by atoms with van der Waals surface area (Å²) in [6.45, 7) is 3.98. The number of rotatable bonds is 4. The van der Waals surface area contributed by atoms with Crippen LogP contribution < -0.4 is 0 Å². The van der Waals surface area contributed by atoms with Gasteiger partial charge in [-0.1, -0.05) is 13.8 Å². The summed E-state index contributed by atoms with van der Waals surface area (Å²) in [5.41, 5.74) is 1.75. The van der Waals surface area contributed by atoms with E-state index in [9.17, 15) is 10.1 Å². The second kappa shape index (κ2) is 5.48. The Morgan fingerprint density at radius 2 is 2.11 bits per heavy atom. The monoisotopic (exact) mass is 324 g/mol. The van der Waals surface area contributed by atoms with Gasteiger partial charge in [-0.25, -0.2) is 9.67 Å². The van der Waals surface area contributed by atoms with Crippen molar-refractivity contribution in [2.24, 2.45) is 0 Å². The molecule has 0 aromatic carbocycles. The van der Waals surface area contributed by atoms with Crippen molar-refractivity contribution < 1.29 is 4.92 Å². The van der Waals surface area contributed by atoms with Crippen LogP contribution in [-0.4, -0.2) is 19.7 Å². The van der Waals surface area contributed by atoms with Crippen molar-refractivity contribution in [1.82, 2.24) is 14.8 Å². The molecule has 2 aromatic rings. The van der Waals surface area contributed by atoms with Gasteiger partial charge in [0.25, 0.3) is 0 Å². The minimum atomic E-state index is -0.445. The molecular weight excluding hydrogens is 312 g/mol. The fraction of sp³-hybridized carbons (Fsp3) is 0.333. The normalized spacial score (nSPS) is 10.7. The zero-order valence-electron chi connectivity index (χ0n) is 10.6. The van der Waals surface area contributed by atoms with Crippen LogP contribution >= 0.6 is 15.9 Å². The average Bonchev–Trinajstić information content (AvgIpc) is 2.81. The summed E-state index contributed by atoms with van der Waals surface area (Å²) in [6, 6.07) is 3.39. The molecule has 2 heterocycles. The third-order valence-corrected chi connectivity index (χ3v) is 3.20. The Bertz CT molecular complexity index is 624. The van der Waals surface area contributed by atoms with Crippen molar-refractivity contribution in [3.05, 3.63) is 44.3 Å². The molecule has 0 bridgehead atoms. The molecule has 0 aliphatic heterocycles. The lowest BCUT2D eigenvalue weighted by atomic mass is 10.2. The standard InChI is InChI=1S/C12H13BrN4O2/c1-3-9-6-10(4-2)16(15-9)12-11(17(18)19)5-8(13)7-14-12/h5-7H,3-4H2,1-2H3. The number of halogens is 1. The first-order valence-electron chi connectivity index (χ1n) is 5.95. The minimum Gasteiger partial charge on any atom is -0.258 e. The van der Waals surface area contributed by atoms with E-state index in [0.29, 0.717) is 4.47 Å². The molecule has 2 rings (SSSR count). The maximum absolute atomic E-state index is 11.1. The molecule has 0 fully saturated rings. The molecule has 7 heteroatoms. The first kappa shape index (κ1) is 13.7. The highest BCUT2D eigenvalue weighted by molar-refractivity contribution is 9.10. The predicted octanol–water partition coefficient (Wildman–Crippen LogP) is 3.06. The van der Waals surface area contributed by atoms with Gasteiger partial charge >= 0.3 is 5.69 Å². The largest absolute Gasteiger partial charge is 0.314 e. The Morgan fingerprint density at radius 1 is 1.37 bits per heavy atom. The lowest BCUT2D eigenvalue weighted by molar-refractivity contribution is -0.385. The van der Waals surface area contributed by atoms with Crippen molar-refractivity contribution >= 4 is 21.6 Å². The Kier molecular flexibility index (Phi) is 3.94. The van der Waals surface area contributed by atoms with E-state index in [4.69, 9.17) is 0 Å². The molecular formula is C12H13BrN4O2. The summed E-state index contributed by atoms with van der Waals surface area (Å²) in [5, 5.41) is 15.5. The van der Waals surface area contributed by atoms with Crippen molar-refractivity contribution in [2.45, 2.75) is 26.7 Å². The maximum atomic E-state index is 11.1. The van der Waals surface area contributed by atoms with Crippen LogP contribution in [0.1, 0.15) is 25.2 Å². The van der Waals surface area contributed by atoms with Gasteiger partial charge in [-0.3, -0.25) is 10.1 Å². The predicted molar refractivity (Wildman–Crippen MR) is 74.5 cm³/mol. The Balaban J connectivity index is 2.64. The molecule has 0 atom stereocenters. The first-order valence-corrected chi connectivity index (χ1v) is 6.74. The van der Waals surface area contributed by atoms with Gasteiger partial charge in [0.15, 0.2) is 0 Å². The SMILES string of the molecule is CCc1cc(CC)n(-c2ncc(Br)cc2[N+](=O)[O-])n1. The zero-order valence-corrected chi connectivity index (χ0v) is 12.2. The van der Waals surface area contributed by atoms with E-state index in [-0.39, 0.29) is 11.5 Å². The second-order valence-corrected chi connectivity index (χ2v) is 4.91. The number of nitrogens with zero attached hydrogens (tertiary/aromatic N) is 4. The molecule has 0 unspecified atom stereocenters. The molecule has 0 amide bonds. The van der Waals surface area contributed by atoms with E-state index in [2.05, 4.69) is 26.0 Å². The Morgan fingerprint density at radius 3 is 2.68 bits per heavy atom. The number of hydrogen-bond acceptors (Lipinski definition) is 4. The van der Waals surface area contributed by atoms with E-state index in [1.807, 2.05) is 19.9 Å². The Labute approximate surface area is 118 Å². The lowest BCUT2D eigenvalue weighted by Crippen LogP contribution is -2.07. The molecule has 0 saturated heterocycles. The van der Waals surface area contributed by atoms with Gasteiger partial charge in [0, 0.05) is 22.4 Å². The van der Waals surface area contributed by atoms with Crippen LogP contribution in [0.5, 0.6) is 0 Å². The molecule has 100 valence electrons. The lowest BCUT2D eigenvalue weighted by Gasteiger charge is -2.05. The number of hydrogen-bond donors (Lipinski definition) is 0. The van der Waals surface area contributed by atoms with Gasteiger partial charge in [0.1, 0.15) is 0 Å². The minimum absolute atomic E-state index is 0.0603. The summed E-state index contributed by atoms with van der Waals surface area (Å²) in [5.74, 6) is 0.254. The van der Waals surface area contributed by atoms with Gasteiger partial charge in [-0.05, 0) is 34.8 Å². The van der Waals surface area contributed by atoms with E-state index in [0.717, 1.165) is 24.2 Å². The number of pyridine rings is 1. The average molecular weight is 325 g/mol. The van der Waals surface area contributed by atoms with Crippen LogP contribution in [-0.2, 0) is 12.8 Å². The highest BCUT2D eigenvalue weighted by atomic mass is 79.9. The molecule has 19 heavy (non-hydrogen) atoms. The summed E-state index contributed by atoms with van der Waals surface area (Å²) in [7, 11) is 0. The van der Waals surface area contributed by atoms with Gasteiger partial charge in [0.05, 0.1) is 10.6 Å². The summed E-state index contributed by atoms with van der Waals surface area (Å²) < 4.78 is 2.13. The molecule has 6 nitrogen and oxygen atoms in total. The van der Waals surface area contributed by atoms with Crippen LogP contribution in [0.3, 0.4) is 0 Å². The quantitative estimate of drug-likeness (QED) is 0.640. The zero-order chi connectivity index (χ0) is 14.0. The fourth-order valence-corrected chi connectivity index (χ4v) is 2.12. The van der Waals surface area contributed by atoms with Crippen LogP contribution in [0, 0.1) is 10.1 Å². The van der Waals surface area contributed by atoms with Crippen LogP contribution in [0.4, 0.5) is 5.69 Å². The molecule has 0 N–H and O–H groups in total. The molecule has 0 saturated carbocycles. The van der Waals surface area contributed by atoms with Crippen LogP contribution in [0.25, 0.3) is 5.82 Å². The fourth-order valence-electron chi connectivity index (χ4n) is 1.80. The van der Waals surface area contributed by atoms with Gasteiger partial charge in [-0.2, -0.15) is 5.10 Å². The van der Waals surface area contributed by atoms with Crippen LogP contribution in [0.15, 0.2) is 22.8 Å². The van der Waals surface area contributed by atoms with Gasteiger partial charge in [-0.15, -0.1) is 0 Å². The number of aryl methyl sites for hydroxylation is 2. The summed E-state index contributed by atoms with van der Waals surface area (Å²) in [6.07, 6.45) is 3.06. The molecule has 0 radical (unpaired) electrons. The molecule has 0 aliphatic carbocycles. The van der Waals surface area contributed by atoms with Crippen molar-refractivity contribution in [2.75, 3.05) is 0 Å². The summed E-state index contributed by atoms with van der Waals surface area (Å²) in [4.78, 5) is 14.8. The third-order valence-electron chi connectivity index (χ3n) is 2.77. The van der Waals surface area contributed by atoms with Crippen LogP contribution in [0.2, 0.25) is 0 Å². The molecule has 0 spiro atoms. The molecule has 0 aliphatic rings. The highest BCUT2D eigenvalue weighted by Crippen LogP contribution is 2.25. The van der Waals surface area contributed by atoms with E-state index in [1.54, 1.807) is 4.68 Å². The number of aromatic nitrogens is 3. The third kappa shape index (κ3) is 2.65. The highest BCUT2D eigenvalue weighted by Gasteiger charge is 2.20. The summed E-state index contributed by atoms with van der Waals surface area (Å²) >= 11 is 3.20. The topological polar surface area (TPSA) is 73.8 Å².